The molecule has 0 atom stereocenters. The Morgan fingerprint density at radius 3 is 2.50 bits per heavy atom. The van der Waals surface area contributed by atoms with Gasteiger partial charge >= 0.3 is 6.09 Å². The molecule has 1 aromatic heterocycles. The maximum atomic E-state index is 14.9. The highest BCUT2D eigenvalue weighted by Crippen LogP contribution is 2.30. The highest BCUT2D eigenvalue weighted by molar-refractivity contribution is 6.29. The molecule has 0 radical (unpaired) electrons. The Morgan fingerprint density at radius 1 is 1.36 bits per heavy atom. The van der Waals surface area contributed by atoms with Gasteiger partial charge in [0.25, 0.3) is 0 Å². The summed E-state index contributed by atoms with van der Waals surface area (Å²) in [5, 5.41) is 7.90. The van der Waals surface area contributed by atoms with Crippen LogP contribution < -0.4 is 0 Å². The first-order valence-electron chi connectivity index (χ1n) is 7.32. The second kappa shape index (κ2) is 6.36. The van der Waals surface area contributed by atoms with Crippen molar-refractivity contribution < 1.29 is 13.9 Å². The predicted octanol–water partition coefficient (Wildman–Crippen LogP) is 3.41. The molecule has 1 fully saturated rings. The monoisotopic (exact) mass is 329 g/mol. The van der Waals surface area contributed by atoms with Gasteiger partial charge in [0, 0.05) is 19.5 Å². The third-order valence-electron chi connectivity index (χ3n) is 3.50. The lowest BCUT2D eigenvalue weighted by Crippen LogP contribution is -2.47. The second-order valence-electron chi connectivity index (χ2n) is 6.64. The number of amides is 1. The number of hydrogen-bond donors (Lipinski definition) is 0. The number of rotatable bonds is 2. The zero-order valence-corrected chi connectivity index (χ0v) is 13.9. The molecule has 1 saturated heterocycles. The first kappa shape index (κ1) is 16.9. The van der Waals surface area contributed by atoms with E-state index in [1.54, 1.807) is 17.0 Å². The fraction of sp³-hybridized carbons (Fsp3) is 0.667. The molecule has 1 aliphatic heterocycles. The van der Waals surface area contributed by atoms with Gasteiger partial charge in [0.05, 0.1) is 5.69 Å². The molecule has 0 aromatic carbocycles. The van der Waals surface area contributed by atoms with Crippen LogP contribution in [-0.4, -0.2) is 45.5 Å². The van der Waals surface area contributed by atoms with Crippen LogP contribution in [0.3, 0.4) is 0 Å². The smallest absolute Gasteiger partial charge is 0.410 e. The number of ether oxygens (including phenoxy) is 1. The molecule has 2 heterocycles. The molecule has 0 aliphatic carbocycles. The van der Waals surface area contributed by atoms with E-state index in [1.807, 2.05) is 20.8 Å². The summed E-state index contributed by atoms with van der Waals surface area (Å²) in [4.78, 5) is 13.5. The lowest BCUT2D eigenvalue weighted by atomic mass is 9.89. The fourth-order valence-corrected chi connectivity index (χ4v) is 2.46. The summed E-state index contributed by atoms with van der Waals surface area (Å²) in [6, 6.07) is 3.28. The maximum absolute atomic E-state index is 14.9. The van der Waals surface area contributed by atoms with Gasteiger partial charge in [0.2, 0.25) is 0 Å². The van der Waals surface area contributed by atoms with Crippen LogP contribution in [0.2, 0.25) is 5.15 Å². The number of likely N-dealkylation sites (tertiary alicyclic amines) is 1. The maximum Gasteiger partial charge on any atom is 0.410 e. The van der Waals surface area contributed by atoms with Crippen LogP contribution in [0, 0.1) is 0 Å². The van der Waals surface area contributed by atoms with Crippen LogP contribution in [0.25, 0.3) is 0 Å². The van der Waals surface area contributed by atoms with E-state index in [9.17, 15) is 9.18 Å². The molecule has 22 heavy (non-hydrogen) atoms. The van der Waals surface area contributed by atoms with Gasteiger partial charge in [-0.15, -0.1) is 5.10 Å². The van der Waals surface area contributed by atoms with E-state index in [-0.39, 0.29) is 30.5 Å². The molecule has 1 amide bonds. The third kappa shape index (κ3) is 4.80. The Bertz CT molecular complexity index is 523. The summed E-state index contributed by atoms with van der Waals surface area (Å²) in [5.41, 5.74) is -1.35. The Labute approximate surface area is 134 Å². The van der Waals surface area contributed by atoms with Crippen LogP contribution in [-0.2, 0) is 11.2 Å². The molecular formula is C15H21ClFN3O2. The Kier molecular flexibility index (Phi) is 4.90. The molecule has 1 aromatic rings. The molecule has 0 spiro atoms. The van der Waals surface area contributed by atoms with Crippen molar-refractivity contribution in [2.45, 2.75) is 51.3 Å². The molecule has 0 N–H and O–H groups in total. The van der Waals surface area contributed by atoms with Crippen molar-refractivity contribution in [3.63, 3.8) is 0 Å². The molecule has 5 nitrogen and oxygen atoms in total. The molecule has 0 saturated carbocycles. The van der Waals surface area contributed by atoms with Crippen LogP contribution >= 0.6 is 11.6 Å². The summed E-state index contributed by atoms with van der Waals surface area (Å²) in [7, 11) is 0. The zero-order chi connectivity index (χ0) is 16.4. The summed E-state index contributed by atoms with van der Waals surface area (Å²) in [6.07, 6.45) is 0.313. The van der Waals surface area contributed by atoms with Gasteiger partial charge in [0.15, 0.2) is 5.15 Å². The standard InChI is InChI=1S/C15H21ClFN3O2/c1-14(2,3)22-13(21)20-8-6-15(17,7-9-20)10-11-4-5-12(16)19-18-11/h4-5H,6-10H2,1-3H3. The highest BCUT2D eigenvalue weighted by atomic mass is 35.5. The van der Waals surface area contributed by atoms with Gasteiger partial charge in [-0.1, -0.05) is 11.6 Å². The molecule has 0 bridgehead atoms. The summed E-state index contributed by atoms with van der Waals surface area (Å²) < 4.78 is 20.2. The summed E-state index contributed by atoms with van der Waals surface area (Å²) in [5.74, 6) is 0. The molecular weight excluding hydrogens is 309 g/mol. The van der Waals surface area contributed by atoms with Gasteiger partial charge < -0.3 is 9.64 Å². The van der Waals surface area contributed by atoms with Crippen molar-refractivity contribution in [3.8, 4) is 0 Å². The molecule has 7 heteroatoms. The first-order valence-corrected chi connectivity index (χ1v) is 7.70. The number of alkyl halides is 1. The number of halogens is 2. The second-order valence-corrected chi connectivity index (χ2v) is 7.03. The molecule has 0 unspecified atom stereocenters. The minimum Gasteiger partial charge on any atom is -0.444 e. The van der Waals surface area contributed by atoms with E-state index in [0.717, 1.165) is 0 Å². The van der Waals surface area contributed by atoms with Crippen LogP contribution in [0.4, 0.5) is 9.18 Å². The number of hydrogen-bond acceptors (Lipinski definition) is 4. The van der Waals surface area contributed by atoms with Gasteiger partial charge in [-0.05, 0) is 45.7 Å². The largest absolute Gasteiger partial charge is 0.444 e. The van der Waals surface area contributed by atoms with Crippen molar-refractivity contribution >= 4 is 17.7 Å². The van der Waals surface area contributed by atoms with Gasteiger partial charge in [0.1, 0.15) is 11.3 Å². The average Bonchev–Trinajstić information content (AvgIpc) is 2.40. The topological polar surface area (TPSA) is 55.3 Å². The predicted molar refractivity (Wildman–Crippen MR) is 81.6 cm³/mol. The van der Waals surface area contributed by atoms with Crippen molar-refractivity contribution in [1.29, 1.82) is 0 Å². The summed E-state index contributed by atoms with van der Waals surface area (Å²) >= 11 is 5.67. The lowest BCUT2D eigenvalue weighted by molar-refractivity contribution is 0.00319. The number of nitrogens with zero attached hydrogens (tertiary/aromatic N) is 3. The summed E-state index contributed by atoms with van der Waals surface area (Å²) in [6.45, 7) is 6.12. The van der Waals surface area contributed by atoms with E-state index in [2.05, 4.69) is 10.2 Å². The van der Waals surface area contributed by atoms with E-state index < -0.39 is 11.3 Å². The number of piperidine rings is 1. The van der Waals surface area contributed by atoms with Crippen molar-refractivity contribution in [1.82, 2.24) is 15.1 Å². The van der Waals surface area contributed by atoms with Gasteiger partial charge in [-0.3, -0.25) is 0 Å². The SMILES string of the molecule is CC(C)(C)OC(=O)N1CCC(F)(Cc2ccc(Cl)nn2)CC1. The average molecular weight is 330 g/mol. The van der Waals surface area contributed by atoms with Crippen molar-refractivity contribution in [3.05, 3.63) is 23.0 Å². The lowest BCUT2D eigenvalue weighted by Gasteiger charge is -2.36. The van der Waals surface area contributed by atoms with Gasteiger partial charge in [-0.2, -0.15) is 5.10 Å². The highest BCUT2D eigenvalue weighted by Gasteiger charge is 2.37. The number of aromatic nitrogens is 2. The molecule has 2 rings (SSSR count). The molecule has 1 aliphatic rings. The van der Waals surface area contributed by atoms with E-state index in [4.69, 9.17) is 16.3 Å². The van der Waals surface area contributed by atoms with Crippen LogP contribution in [0.15, 0.2) is 12.1 Å². The Balaban J connectivity index is 1.90. The quantitative estimate of drug-likeness (QED) is 0.834. The number of carbonyl (C=O) groups is 1. The fourth-order valence-electron chi connectivity index (χ4n) is 2.36. The zero-order valence-electron chi connectivity index (χ0n) is 13.1. The van der Waals surface area contributed by atoms with Crippen LogP contribution in [0.5, 0.6) is 0 Å². The van der Waals surface area contributed by atoms with Gasteiger partial charge in [-0.25, -0.2) is 9.18 Å². The van der Waals surface area contributed by atoms with Crippen LogP contribution in [0.1, 0.15) is 39.3 Å². The number of carbonyl (C=O) groups excluding carboxylic acids is 1. The van der Waals surface area contributed by atoms with E-state index in [1.165, 1.54) is 0 Å². The van der Waals surface area contributed by atoms with Crippen molar-refractivity contribution in [2.75, 3.05) is 13.1 Å². The Hall–Kier alpha value is -1.43. The minimum atomic E-state index is -1.37. The Morgan fingerprint density at radius 2 is 2.00 bits per heavy atom. The normalized spacial score (nSPS) is 18.1. The third-order valence-corrected chi connectivity index (χ3v) is 3.70. The van der Waals surface area contributed by atoms with E-state index in [0.29, 0.717) is 18.8 Å². The first-order chi connectivity index (χ1) is 10.2. The van der Waals surface area contributed by atoms with Crippen molar-refractivity contribution in [2.24, 2.45) is 0 Å². The van der Waals surface area contributed by atoms with E-state index >= 15 is 0 Å². The molecule has 122 valence electrons. The minimum absolute atomic E-state index is 0.180.